The second-order valence-electron chi connectivity index (χ2n) is 5.97. The SMILES string of the molecule is Cc1ccc(NC(=O)CNC(=O)c2cc(-c3ccccc3)on2)cc1C. The Morgan fingerprint density at radius 2 is 1.77 bits per heavy atom. The van der Waals surface area contributed by atoms with E-state index >= 15 is 0 Å². The maximum absolute atomic E-state index is 12.1. The predicted molar refractivity (Wildman–Crippen MR) is 98.8 cm³/mol. The van der Waals surface area contributed by atoms with Crippen LogP contribution in [0.25, 0.3) is 11.3 Å². The Morgan fingerprint density at radius 1 is 1.00 bits per heavy atom. The first-order chi connectivity index (χ1) is 12.5. The summed E-state index contributed by atoms with van der Waals surface area (Å²) in [7, 11) is 0. The van der Waals surface area contributed by atoms with E-state index in [0.717, 1.165) is 16.7 Å². The van der Waals surface area contributed by atoms with Gasteiger partial charge in [0.05, 0.1) is 6.54 Å². The smallest absolute Gasteiger partial charge is 0.273 e. The van der Waals surface area contributed by atoms with Crippen LogP contribution in [0.3, 0.4) is 0 Å². The third-order valence-electron chi connectivity index (χ3n) is 4.00. The fraction of sp³-hybridized carbons (Fsp3) is 0.150. The molecule has 3 aromatic rings. The van der Waals surface area contributed by atoms with Crippen LogP contribution in [0.5, 0.6) is 0 Å². The number of carbonyl (C=O) groups excluding carboxylic acids is 2. The topological polar surface area (TPSA) is 84.2 Å². The number of hydrogen-bond donors (Lipinski definition) is 2. The quantitative estimate of drug-likeness (QED) is 0.740. The Labute approximate surface area is 151 Å². The standard InChI is InChI=1S/C20H19N3O3/c1-13-8-9-16(10-14(13)2)22-19(24)12-21-20(25)17-11-18(26-23-17)15-6-4-3-5-7-15/h3-11H,12H2,1-2H3,(H,21,25)(H,22,24). The first-order valence-electron chi connectivity index (χ1n) is 8.20. The molecule has 0 aliphatic heterocycles. The van der Waals surface area contributed by atoms with Crippen molar-refractivity contribution in [3.8, 4) is 11.3 Å². The summed E-state index contributed by atoms with van der Waals surface area (Å²) in [4.78, 5) is 24.1. The normalized spacial score (nSPS) is 10.4. The molecule has 0 unspecified atom stereocenters. The van der Waals surface area contributed by atoms with Gasteiger partial charge in [-0.2, -0.15) is 0 Å². The van der Waals surface area contributed by atoms with Crippen LogP contribution >= 0.6 is 0 Å². The number of aryl methyl sites for hydroxylation is 2. The monoisotopic (exact) mass is 349 g/mol. The Kier molecular flexibility index (Phi) is 5.12. The minimum atomic E-state index is -0.467. The molecule has 6 heteroatoms. The molecule has 2 aromatic carbocycles. The molecule has 132 valence electrons. The molecular formula is C20H19N3O3. The zero-order valence-electron chi connectivity index (χ0n) is 14.6. The van der Waals surface area contributed by atoms with E-state index in [1.165, 1.54) is 0 Å². The number of amides is 2. The summed E-state index contributed by atoms with van der Waals surface area (Å²) in [6, 6.07) is 16.5. The van der Waals surface area contributed by atoms with E-state index in [1.807, 2.05) is 62.4 Å². The Bertz CT molecular complexity index is 932. The molecule has 0 aliphatic carbocycles. The van der Waals surface area contributed by atoms with Crippen molar-refractivity contribution in [2.45, 2.75) is 13.8 Å². The van der Waals surface area contributed by atoms with Gasteiger partial charge in [-0.3, -0.25) is 9.59 Å². The van der Waals surface area contributed by atoms with Gasteiger partial charge >= 0.3 is 0 Å². The molecule has 0 fully saturated rings. The minimum absolute atomic E-state index is 0.128. The van der Waals surface area contributed by atoms with Crippen LogP contribution < -0.4 is 10.6 Å². The highest BCUT2D eigenvalue weighted by Gasteiger charge is 2.14. The van der Waals surface area contributed by atoms with Crippen LogP contribution in [0.1, 0.15) is 21.6 Å². The number of nitrogens with one attached hydrogen (secondary N) is 2. The van der Waals surface area contributed by atoms with Crippen molar-refractivity contribution in [3.05, 3.63) is 71.4 Å². The maximum Gasteiger partial charge on any atom is 0.273 e. The van der Waals surface area contributed by atoms with Crippen LogP contribution in [-0.4, -0.2) is 23.5 Å². The summed E-state index contributed by atoms with van der Waals surface area (Å²) in [5.74, 6) is -0.283. The number of rotatable bonds is 5. The molecule has 2 amide bonds. The lowest BCUT2D eigenvalue weighted by Gasteiger charge is -2.08. The zero-order chi connectivity index (χ0) is 18.5. The lowest BCUT2D eigenvalue weighted by molar-refractivity contribution is -0.115. The fourth-order valence-corrected chi connectivity index (χ4v) is 2.40. The molecule has 2 N–H and O–H groups in total. The van der Waals surface area contributed by atoms with Crippen molar-refractivity contribution in [1.82, 2.24) is 10.5 Å². The molecule has 1 aromatic heterocycles. The lowest BCUT2D eigenvalue weighted by Crippen LogP contribution is -2.33. The highest BCUT2D eigenvalue weighted by molar-refractivity contribution is 5.98. The first-order valence-corrected chi connectivity index (χ1v) is 8.20. The number of anilines is 1. The molecule has 0 atom stereocenters. The Balaban J connectivity index is 1.56. The Morgan fingerprint density at radius 3 is 2.50 bits per heavy atom. The Hall–Kier alpha value is -3.41. The van der Waals surface area contributed by atoms with E-state index in [-0.39, 0.29) is 18.1 Å². The maximum atomic E-state index is 12.1. The van der Waals surface area contributed by atoms with Crippen LogP contribution in [0, 0.1) is 13.8 Å². The molecule has 1 heterocycles. The van der Waals surface area contributed by atoms with Crippen molar-refractivity contribution in [1.29, 1.82) is 0 Å². The van der Waals surface area contributed by atoms with E-state index in [2.05, 4.69) is 15.8 Å². The van der Waals surface area contributed by atoms with Crippen LogP contribution in [0.15, 0.2) is 59.1 Å². The third-order valence-corrected chi connectivity index (χ3v) is 4.00. The highest BCUT2D eigenvalue weighted by atomic mass is 16.5. The number of aromatic nitrogens is 1. The lowest BCUT2D eigenvalue weighted by atomic mass is 10.1. The summed E-state index contributed by atoms with van der Waals surface area (Å²) < 4.78 is 5.19. The van der Waals surface area contributed by atoms with E-state index in [0.29, 0.717) is 11.4 Å². The van der Waals surface area contributed by atoms with Crippen LogP contribution in [0.2, 0.25) is 0 Å². The zero-order valence-corrected chi connectivity index (χ0v) is 14.6. The van der Waals surface area contributed by atoms with Crippen molar-refractivity contribution in [3.63, 3.8) is 0 Å². The molecule has 0 spiro atoms. The van der Waals surface area contributed by atoms with Gasteiger partial charge in [0.2, 0.25) is 5.91 Å². The van der Waals surface area contributed by atoms with Gasteiger partial charge in [0.15, 0.2) is 11.5 Å². The van der Waals surface area contributed by atoms with E-state index in [9.17, 15) is 9.59 Å². The predicted octanol–water partition coefficient (Wildman–Crippen LogP) is 3.33. The molecule has 0 radical (unpaired) electrons. The van der Waals surface area contributed by atoms with Gasteiger partial charge < -0.3 is 15.2 Å². The van der Waals surface area contributed by atoms with E-state index in [4.69, 9.17) is 4.52 Å². The number of carbonyl (C=O) groups is 2. The number of hydrogen-bond acceptors (Lipinski definition) is 4. The van der Waals surface area contributed by atoms with E-state index < -0.39 is 5.91 Å². The fourth-order valence-electron chi connectivity index (χ4n) is 2.40. The van der Waals surface area contributed by atoms with E-state index in [1.54, 1.807) is 6.07 Å². The minimum Gasteiger partial charge on any atom is -0.355 e. The summed E-state index contributed by atoms with van der Waals surface area (Å²) in [6.45, 7) is 3.82. The summed E-state index contributed by atoms with van der Waals surface area (Å²) >= 11 is 0. The van der Waals surface area contributed by atoms with Gasteiger partial charge in [-0.1, -0.05) is 41.6 Å². The molecule has 6 nitrogen and oxygen atoms in total. The van der Waals surface area contributed by atoms with Gasteiger partial charge in [-0.05, 0) is 37.1 Å². The van der Waals surface area contributed by atoms with Crippen molar-refractivity contribution in [2.24, 2.45) is 0 Å². The molecule has 26 heavy (non-hydrogen) atoms. The molecule has 0 aliphatic rings. The van der Waals surface area contributed by atoms with Crippen LogP contribution in [0.4, 0.5) is 5.69 Å². The highest BCUT2D eigenvalue weighted by Crippen LogP contribution is 2.19. The van der Waals surface area contributed by atoms with Gasteiger partial charge in [0.25, 0.3) is 5.91 Å². The average molecular weight is 349 g/mol. The average Bonchev–Trinajstić information content (AvgIpc) is 3.14. The van der Waals surface area contributed by atoms with Gasteiger partial charge in [-0.15, -0.1) is 0 Å². The van der Waals surface area contributed by atoms with Crippen molar-refractivity contribution >= 4 is 17.5 Å². The number of benzene rings is 2. The first kappa shape index (κ1) is 17.4. The van der Waals surface area contributed by atoms with Crippen LogP contribution in [-0.2, 0) is 4.79 Å². The molecular weight excluding hydrogens is 330 g/mol. The second kappa shape index (κ2) is 7.65. The van der Waals surface area contributed by atoms with Gasteiger partial charge in [0, 0.05) is 17.3 Å². The third kappa shape index (κ3) is 4.16. The summed E-state index contributed by atoms with van der Waals surface area (Å²) in [5.41, 5.74) is 3.88. The number of nitrogens with zero attached hydrogens (tertiary/aromatic N) is 1. The summed E-state index contributed by atoms with van der Waals surface area (Å²) in [6.07, 6.45) is 0. The molecule has 0 bridgehead atoms. The molecule has 0 saturated heterocycles. The van der Waals surface area contributed by atoms with Gasteiger partial charge in [0.1, 0.15) is 0 Å². The van der Waals surface area contributed by atoms with Crippen molar-refractivity contribution < 1.29 is 14.1 Å². The second-order valence-corrected chi connectivity index (χ2v) is 5.97. The van der Waals surface area contributed by atoms with Gasteiger partial charge in [-0.25, -0.2) is 0 Å². The summed E-state index contributed by atoms with van der Waals surface area (Å²) in [5, 5.41) is 9.04. The molecule has 0 saturated carbocycles. The largest absolute Gasteiger partial charge is 0.355 e. The van der Waals surface area contributed by atoms with Crippen molar-refractivity contribution in [2.75, 3.05) is 11.9 Å². The molecule has 3 rings (SSSR count).